The summed E-state index contributed by atoms with van der Waals surface area (Å²) in [6.07, 6.45) is 2.34. The van der Waals surface area contributed by atoms with Gasteiger partial charge in [0.25, 0.3) is 0 Å². The van der Waals surface area contributed by atoms with Gasteiger partial charge >= 0.3 is 0 Å². The average Bonchev–Trinajstić information content (AvgIpc) is 2.85. The highest BCUT2D eigenvalue weighted by Gasteiger charge is 2.23. The van der Waals surface area contributed by atoms with E-state index in [-0.39, 0.29) is 13.3 Å². The summed E-state index contributed by atoms with van der Waals surface area (Å²) in [5.41, 5.74) is 1.33. The number of carbonyl (C=O) groups excluding carboxylic acids is 1. The lowest BCUT2D eigenvalue weighted by atomic mass is 10.2. The molecule has 1 aromatic carbocycles. The van der Waals surface area contributed by atoms with E-state index in [1.54, 1.807) is 0 Å². The van der Waals surface area contributed by atoms with Crippen LogP contribution < -0.4 is 5.32 Å². The summed E-state index contributed by atoms with van der Waals surface area (Å²) in [5, 5.41) is 3.09. The molecule has 0 aromatic heterocycles. The summed E-state index contributed by atoms with van der Waals surface area (Å²) in [5.74, 6) is 0.685. The number of benzene rings is 1. The minimum absolute atomic E-state index is 0. The van der Waals surface area contributed by atoms with Gasteiger partial charge in [0.1, 0.15) is 0 Å². The van der Waals surface area contributed by atoms with Crippen molar-refractivity contribution in [1.29, 1.82) is 0 Å². The maximum atomic E-state index is 11.6. The monoisotopic (exact) mass is 296 g/mol. The number of carbonyl (C=O) groups is 1. The van der Waals surface area contributed by atoms with Gasteiger partial charge in [0.15, 0.2) is 0 Å². The summed E-state index contributed by atoms with van der Waals surface area (Å²) in [7, 11) is 0. The summed E-state index contributed by atoms with van der Waals surface area (Å²) in [4.78, 5) is 14.0. The highest BCUT2D eigenvalue weighted by Crippen LogP contribution is 2.13. The van der Waals surface area contributed by atoms with Crippen molar-refractivity contribution in [1.82, 2.24) is 10.2 Å². The van der Waals surface area contributed by atoms with E-state index in [9.17, 15) is 4.79 Å². The lowest BCUT2D eigenvalue weighted by Crippen LogP contribution is -2.36. The second-order valence-corrected chi connectivity index (χ2v) is 5.44. The summed E-state index contributed by atoms with van der Waals surface area (Å²) >= 11 is 5.59. The lowest BCUT2D eigenvalue weighted by molar-refractivity contribution is -0.121. The Kier molecular flexibility index (Phi) is 7.63. The predicted molar refractivity (Wildman–Crippen MR) is 85.0 cm³/mol. The minimum atomic E-state index is 0. The van der Waals surface area contributed by atoms with Crippen LogP contribution in [0.15, 0.2) is 30.3 Å². The lowest BCUT2D eigenvalue weighted by Gasteiger charge is -2.16. The topological polar surface area (TPSA) is 32.3 Å². The van der Waals surface area contributed by atoms with Crippen molar-refractivity contribution in [2.75, 3.05) is 19.0 Å². The fraction of sp³-hybridized carbons (Fsp3) is 0.562. The van der Waals surface area contributed by atoms with Gasteiger partial charge in [-0.2, -0.15) is 0 Å². The molecule has 1 amide bonds. The molecule has 0 unspecified atom stereocenters. The van der Waals surface area contributed by atoms with Crippen molar-refractivity contribution in [2.45, 2.75) is 39.3 Å². The Balaban J connectivity index is 0.00000200. The number of nitrogens with one attached hydrogen (secondary N) is 1. The number of rotatable bonds is 6. The standard InChI is InChI=1S/C15H21ClN2O.CH4/c16-9-4-7-15(19)17-14-8-10-18(12-14)11-13-5-2-1-3-6-13;/h1-3,5-6,14H,4,7-12H2,(H,17,19);1H4/t14-;/m0./s1. The van der Waals surface area contributed by atoms with E-state index in [0.29, 0.717) is 18.3 Å². The number of likely N-dealkylation sites (tertiary alicyclic amines) is 1. The first-order chi connectivity index (χ1) is 9.28. The molecule has 0 radical (unpaired) electrons. The van der Waals surface area contributed by atoms with E-state index < -0.39 is 0 Å². The van der Waals surface area contributed by atoms with E-state index in [1.807, 2.05) is 6.07 Å². The van der Waals surface area contributed by atoms with Crippen LogP contribution in [0.1, 0.15) is 32.3 Å². The number of nitrogens with zero attached hydrogens (tertiary/aromatic N) is 1. The molecule has 112 valence electrons. The number of amides is 1. The van der Waals surface area contributed by atoms with Gasteiger partial charge in [-0.3, -0.25) is 9.69 Å². The molecule has 1 fully saturated rings. The first-order valence-corrected chi connectivity index (χ1v) is 7.43. The van der Waals surface area contributed by atoms with E-state index in [2.05, 4.69) is 34.5 Å². The zero-order chi connectivity index (χ0) is 13.5. The number of hydrogen-bond acceptors (Lipinski definition) is 2. The molecule has 3 nitrogen and oxygen atoms in total. The molecular formula is C16H25ClN2O. The van der Waals surface area contributed by atoms with Crippen LogP contribution in [0.3, 0.4) is 0 Å². The number of halogens is 1. The van der Waals surface area contributed by atoms with Crippen molar-refractivity contribution in [3.05, 3.63) is 35.9 Å². The summed E-state index contributed by atoms with van der Waals surface area (Å²) in [6.45, 7) is 2.96. The van der Waals surface area contributed by atoms with Crippen molar-refractivity contribution in [3.8, 4) is 0 Å². The number of alkyl halides is 1. The van der Waals surface area contributed by atoms with Gasteiger partial charge in [0, 0.05) is 38.0 Å². The Hall–Kier alpha value is -1.06. The number of hydrogen-bond donors (Lipinski definition) is 1. The third kappa shape index (κ3) is 5.51. The fourth-order valence-corrected chi connectivity index (χ4v) is 2.60. The largest absolute Gasteiger partial charge is 0.352 e. The molecule has 20 heavy (non-hydrogen) atoms. The van der Waals surface area contributed by atoms with Crippen LogP contribution in [0.5, 0.6) is 0 Å². The maximum Gasteiger partial charge on any atom is 0.220 e. The first-order valence-electron chi connectivity index (χ1n) is 6.89. The maximum absolute atomic E-state index is 11.6. The third-order valence-corrected chi connectivity index (χ3v) is 3.69. The average molecular weight is 297 g/mol. The van der Waals surface area contributed by atoms with Crippen LogP contribution >= 0.6 is 11.6 Å². The molecule has 1 heterocycles. The molecule has 0 aliphatic carbocycles. The Morgan fingerprint density at radius 2 is 2.10 bits per heavy atom. The summed E-state index contributed by atoms with van der Waals surface area (Å²) < 4.78 is 0. The highest BCUT2D eigenvalue weighted by atomic mass is 35.5. The molecule has 1 aliphatic heterocycles. The smallest absolute Gasteiger partial charge is 0.220 e. The van der Waals surface area contributed by atoms with E-state index in [0.717, 1.165) is 32.5 Å². The molecule has 4 heteroatoms. The van der Waals surface area contributed by atoms with Gasteiger partial charge < -0.3 is 5.32 Å². The van der Waals surface area contributed by atoms with Crippen molar-refractivity contribution < 1.29 is 4.79 Å². The van der Waals surface area contributed by atoms with E-state index in [1.165, 1.54) is 5.56 Å². The Bertz CT molecular complexity index is 397. The third-order valence-electron chi connectivity index (χ3n) is 3.42. The molecule has 2 rings (SSSR count). The minimum Gasteiger partial charge on any atom is -0.352 e. The fourth-order valence-electron chi connectivity index (χ4n) is 2.46. The van der Waals surface area contributed by atoms with Gasteiger partial charge in [-0.1, -0.05) is 37.8 Å². The van der Waals surface area contributed by atoms with Crippen LogP contribution in [0.25, 0.3) is 0 Å². The van der Waals surface area contributed by atoms with Gasteiger partial charge in [0.2, 0.25) is 5.91 Å². The normalized spacial score (nSPS) is 18.6. The SMILES string of the molecule is C.O=C(CCCCl)N[C@H]1CCN(Cc2ccccc2)C1. The molecule has 1 saturated heterocycles. The van der Waals surface area contributed by atoms with Crippen molar-refractivity contribution >= 4 is 17.5 Å². The predicted octanol–water partition coefficient (Wildman–Crippen LogP) is 3.03. The molecule has 0 spiro atoms. The Labute approximate surface area is 127 Å². The summed E-state index contributed by atoms with van der Waals surface area (Å²) in [6, 6.07) is 10.8. The molecule has 1 aliphatic rings. The van der Waals surface area contributed by atoms with Gasteiger partial charge in [-0.25, -0.2) is 0 Å². The van der Waals surface area contributed by atoms with Crippen molar-refractivity contribution in [3.63, 3.8) is 0 Å². The van der Waals surface area contributed by atoms with Crippen LogP contribution in [-0.4, -0.2) is 35.8 Å². The van der Waals surface area contributed by atoms with Crippen LogP contribution in [0.2, 0.25) is 0 Å². The molecule has 1 aromatic rings. The molecule has 1 N–H and O–H groups in total. The zero-order valence-corrected chi connectivity index (χ0v) is 11.9. The molecule has 0 bridgehead atoms. The zero-order valence-electron chi connectivity index (χ0n) is 11.1. The highest BCUT2D eigenvalue weighted by molar-refractivity contribution is 6.17. The van der Waals surface area contributed by atoms with Crippen LogP contribution in [0, 0.1) is 0 Å². The molecule has 0 saturated carbocycles. The van der Waals surface area contributed by atoms with Gasteiger partial charge in [-0.15, -0.1) is 11.6 Å². The second-order valence-electron chi connectivity index (χ2n) is 5.07. The Morgan fingerprint density at radius 3 is 2.80 bits per heavy atom. The van der Waals surface area contributed by atoms with Gasteiger partial charge in [0.05, 0.1) is 0 Å². The van der Waals surface area contributed by atoms with E-state index in [4.69, 9.17) is 11.6 Å². The molecule has 1 atom stereocenters. The molecular weight excluding hydrogens is 272 g/mol. The van der Waals surface area contributed by atoms with Crippen molar-refractivity contribution in [2.24, 2.45) is 0 Å². The van der Waals surface area contributed by atoms with Gasteiger partial charge in [-0.05, 0) is 18.4 Å². The van der Waals surface area contributed by atoms with Crippen LogP contribution in [0.4, 0.5) is 0 Å². The first kappa shape index (κ1) is 17.0. The quantitative estimate of drug-likeness (QED) is 0.819. The second kappa shape index (κ2) is 8.98. The van der Waals surface area contributed by atoms with E-state index >= 15 is 0 Å². The Morgan fingerprint density at radius 1 is 1.35 bits per heavy atom. The van der Waals surface area contributed by atoms with Crippen LogP contribution in [-0.2, 0) is 11.3 Å².